The average molecular weight is 350 g/mol. The Morgan fingerprint density at radius 1 is 1.67 bits per heavy atom. The Hall–Kier alpha value is -1.25. The quantitative estimate of drug-likeness (QED) is 0.668. The normalized spacial score (nSPS) is 14.8. The van der Waals surface area contributed by atoms with E-state index in [0.717, 1.165) is 17.8 Å². The van der Waals surface area contributed by atoms with Crippen molar-refractivity contribution in [2.45, 2.75) is 19.3 Å². The Bertz CT molecular complexity index is 618. The van der Waals surface area contributed by atoms with Gasteiger partial charge in [0.15, 0.2) is 0 Å². The topological polar surface area (TPSA) is 67.9 Å². The fourth-order valence-electron chi connectivity index (χ4n) is 1.93. The second-order valence-electron chi connectivity index (χ2n) is 4.35. The van der Waals surface area contributed by atoms with E-state index >= 15 is 0 Å². The summed E-state index contributed by atoms with van der Waals surface area (Å²) in [5.41, 5.74) is 6.27. The van der Waals surface area contributed by atoms with E-state index in [4.69, 9.17) is 29.6 Å². The van der Waals surface area contributed by atoms with Gasteiger partial charge in [-0.15, -0.1) is 11.3 Å². The number of anilines is 1. The monoisotopic (exact) mass is 349 g/mol. The number of ether oxygens (including phenoxy) is 1. The molecule has 0 saturated carbocycles. The highest BCUT2D eigenvalue weighted by atomic mass is 35.5. The van der Waals surface area contributed by atoms with Crippen molar-refractivity contribution in [2.24, 2.45) is 10.8 Å². The predicted octanol–water partition coefficient (Wildman–Crippen LogP) is 2.50. The average Bonchev–Trinajstić information content (AvgIpc) is 2.73. The minimum absolute atomic E-state index is 0.0728. The van der Waals surface area contributed by atoms with Crippen LogP contribution in [-0.2, 0) is 16.0 Å². The molecule has 1 aromatic rings. The Labute approximate surface area is 135 Å². The molecule has 1 aromatic heterocycles. The number of carbonyl (C=O) groups excluding carboxylic acids is 1. The van der Waals surface area contributed by atoms with Crippen LogP contribution in [0.15, 0.2) is 5.10 Å². The molecule has 0 aliphatic carbocycles. The number of thiophene rings is 1. The Kier molecular flexibility index (Phi) is 5.13. The number of esters is 1. The lowest BCUT2D eigenvalue weighted by Crippen LogP contribution is -2.32. The third kappa shape index (κ3) is 3.50. The fourth-order valence-corrected chi connectivity index (χ4v) is 3.39. The molecular formula is C12H13ClFN3O2S2. The maximum Gasteiger partial charge on any atom is 0.310 e. The molecule has 9 heteroatoms. The molecule has 1 aliphatic rings. The van der Waals surface area contributed by atoms with Crippen LogP contribution in [0.1, 0.15) is 17.7 Å². The third-order valence-corrected chi connectivity index (χ3v) is 4.67. The van der Waals surface area contributed by atoms with E-state index in [1.54, 1.807) is 0 Å². The van der Waals surface area contributed by atoms with Crippen molar-refractivity contribution in [3.63, 3.8) is 0 Å². The summed E-state index contributed by atoms with van der Waals surface area (Å²) in [6.07, 6.45) is 1.33. The van der Waals surface area contributed by atoms with Gasteiger partial charge in [-0.3, -0.25) is 9.80 Å². The van der Waals surface area contributed by atoms with Gasteiger partial charge in [-0.2, -0.15) is 9.49 Å². The zero-order chi connectivity index (χ0) is 15.6. The number of methoxy groups -OCH3 is 1. The Balaban J connectivity index is 2.34. The molecule has 0 aromatic carbocycles. The largest absolute Gasteiger partial charge is 0.469 e. The van der Waals surface area contributed by atoms with Gasteiger partial charge in [0, 0.05) is 11.4 Å². The zero-order valence-corrected chi connectivity index (χ0v) is 13.6. The number of hydrogen-bond acceptors (Lipinski definition) is 6. The van der Waals surface area contributed by atoms with Crippen molar-refractivity contribution < 1.29 is 13.9 Å². The van der Waals surface area contributed by atoms with Crippen LogP contribution >= 0.6 is 35.2 Å². The highest BCUT2D eigenvalue weighted by Gasteiger charge is 2.26. The molecule has 2 N–H and O–H groups in total. The molecule has 2 heterocycles. The highest BCUT2D eigenvalue weighted by molar-refractivity contribution is 7.82. The molecule has 114 valence electrons. The standard InChI is InChI=1S/C12H13ClFN3O2S2/c1-19-8(18)5-7-9(13)10(11(14)21-7)17-4-2-3-6(16-17)12(15)20/h2-5H2,1H3,(H2,15,20). The van der Waals surface area contributed by atoms with Gasteiger partial charge in [0.25, 0.3) is 0 Å². The van der Waals surface area contributed by atoms with E-state index in [0.29, 0.717) is 23.6 Å². The van der Waals surface area contributed by atoms with E-state index in [1.807, 2.05) is 0 Å². The predicted molar refractivity (Wildman–Crippen MR) is 85.8 cm³/mol. The molecule has 21 heavy (non-hydrogen) atoms. The number of halogens is 2. The number of hydrazone groups is 1. The summed E-state index contributed by atoms with van der Waals surface area (Å²) in [7, 11) is 1.27. The smallest absolute Gasteiger partial charge is 0.310 e. The van der Waals surface area contributed by atoms with Gasteiger partial charge in [-0.25, -0.2) is 0 Å². The van der Waals surface area contributed by atoms with Crippen molar-refractivity contribution in [2.75, 3.05) is 18.7 Å². The van der Waals surface area contributed by atoms with Crippen molar-refractivity contribution in [1.82, 2.24) is 0 Å². The first kappa shape index (κ1) is 16.1. The minimum atomic E-state index is -0.494. The molecule has 0 saturated heterocycles. The molecule has 0 bridgehead atoms. The van der Waals surface area contributed by atoms with E-state index in [9.17, 15) is 9.18 Å². The lowest BCUT2D eigenvalue weighted by atomic mass is 10.2. The lowest BCUT2D eigenvalue weighted by molar-refractivity contribution is -0.139. The van der Waals surface area contributed by atoms with Crippen LogP contribution in [0, 0.1) is 5.13 Å². The van der Waals surface area contributed by atoms with Gasteiger partial charge < -0.3 is 10.5 Å². The fraction of sp³-hybridized carbons (Fsp3) is 0.417. The molecule has 0 spiro atoms. The Morgan fingerprint density at radius 3 is 3.00 bits per heavy atom. The van der Waals surface area contributed by atoms with Gasteiger partial charge in [0.2, 0.25) is 5.13 Å². The molecule has 0 unspecified atom stereocenters. The lowest BCUT2D eigenvalue weighted by Gasteiger charge is -2.24. The maximum absolute atomic E-state index is 14.1. The summed E-state index contributed by atoms with van der Waals surface area (Å²) in [6, 6.07) is 0. The van der Waals surface area contributed by atoms with Crippen LogP contribution in [0.3, 0.4) is 0 Å². The summed E-state index contributed by atoms with van der Waals surface area (Å²) in [4.78, 5) is 11.9. The number of hydrogen-bond donors (Lipinski definition) is 1. The summed E-state index contributed by atoms with van der Waals surface area (Å²) in [5, 5.41) is 5.37. The summed E-state index contributed by atoms with van der Waals surface area (Å²) in [6.45, 7) is 0.511. The SMILES string of the molecule is COC(=O)Cc1sc(F)c(N2CCCC(C(N)=S)=N2)c1Cl. The van der Waals surface area contributed by atoms with Crippen molar-refractivity contribution >= 4 is 57.5 Å². The molecule has 2 rings (SSSR count). The van der Waals surface area contributed by atoms with E-state index in [2.05, 4.69) is 9.84 Å². The first-order valence-electron chi connectivity index (χ1n) is 6.12. The van der Waals surface area contributed by atoms with Crippen molar-refractivity contribution in [3.05, 3.63) is 15.0 Å². The second-order valence-corrected chi connectivity index (χ2v) is 6.23. The van der Waals surface area contributed by atoms with E-state index < -0.39 is 11.1 Å². The third-order valence-electron chi connectivity index (χ3n) is 2.95. The molecule has 0 atom stereocenters. The zero-order valence-electron chi connectivity index (χ0n) is 11.2. The van der Waals surface area contributed by atoms with Gasteiger partial charge in [0.05, 0.1) is 24.3 Å². The Morgan fingerprint density at radius 2 is 2.38 bits per heavy atom. The van der Waals surface area contributed by atoms with Crippen LogP contribution in [0.4, 0.5) is 10.1 Å². The number of carbonyl (C=O) groups is 1. The van der Waals surface area contributed by atoms with Crippen molar-refractivity contribution in [1.29, 1.82) is 0 Å². The number of nitrogens with zero attached hydrogens (tertiary/aromatic N) is 2. The summed E-state index contributed by atoms with van der Waals surface area (Å²) >= 11 is 11.9. The van der Waals surface area contributed by atoms with E-state index in [1.165, 1.54) is 12.1 Å². The van der Waals surface area contributed by atoms with Crippen LogP contribution in [0.5, 0.6) is 0 Å². The summed E-state index contributed by atoms with van der Waals surface area (Å²) in [5.74, 6) is -0.476. The number of nitrogens with two attached hydrogens (primary N) is 1. The van der Waals surface area contributed by atoms with Gasteiger partial charge in [-0.1, -0.05) is 23.8 Å². The van der Waals surface area contributed by atoms with Crippen LogP contribution in [0.2, 0.25) is 5.02 Å². The molecule has 1 aliphatic heterocycles. The second kappa shape index (κ2) is 6.67. The minimum Gasteiger partial charge on any atom is -0.469 e. The van der Waals surface area contributed by atoms with Crippen LogP contribution < -0.4 is 10.7 Å². The van der Waals surface area contributed by atoms with E-state index in [-0.39, 0.29) is 22.1 Å². The van der Waals surface area contributed by atoms with Gasteiger partial charge in [0.1, 0.15) is 10.7 Å². The van der Waals surface area contributed by atoms with Gasteiger partial charge in [-0.05, 0) is 12.8 Å². The maximum atomic E-state index is 14.1. The first-order valence-corrected chi connectivity index (χ1v) is 7.72. The molecule has 5 nitrogen and oxygen atoms in total. The van der Waals surface area contributed by atoms with Crippen molar-refractivity contribution in [3.8, 4) is 0 Å². The molecule has 0 amide bonds. The van der Waals surface area contributed by atoms with Crippen LogP contribution in [0.25, 0.3) is 0 Å². The summed E-state index contributed by atoms with van der Waals surface area (Å²) < 4.78 is 18.7. The molecule has 0 fully saturated rings. The number of rotatable bonds is 4. The van der Waals surface area contributed by atoms with Crippen LogP contribution in [-0.4, -0.2) is 30.3 Å². The van der Waals surface area contributed by atoms with Gasteiger partial charge >= 0.3 is 5.97 Å². The molecular weight excluding hydrogens is 337 g/mol. The highest BCUT2D eigenvalue weighted by Crippen LogP contribution is 2.40. The molecule has 0 radical (unpaired) electrons. The number of thiocarbonyl (C=S) groups is 1. The first-order chi connectivity index (χ1) is 9.93.